The average Bonchev–Trinajstić information content (AvgIpc) is 3.62. The number of rotatable bonds is 7. The van der Waals surface area contributed by atoms with Crippen molar-refractivity contribution in [2.75, 3.05) is 20.3 Å². The van der Waals surface area contributed by atoms with E-state index < -0.39 is 21.6 Å². The smallest absolute Gasteiger partial charge is 0.245 e. The van der Waals surface area contributed by atoms with Gasteiger partial charge in [0.15, 0.2) is 0 Å². The first kappa shape index (κ1) is 33.1. The molecule has 256 valence electrons. The van der Waals surface area contributed by atoms with Gasteiger partial charge in [-0.25, -0.2) is 18.4 Å². The molecule has 2 saturated carbocycles. The number of aryl methyl sites for hydroxylation is 2. The topological polar surface area (TPSA) is 131 Å². The highest BCUT2D eigenvalue weighted by atomic mass is 32.2. The van der Waals surface area contributed by atoms with Gasteiger partial charge in [-0.15, -0.1) is 0 Å². The van der Waals surface area contributed by atoms with E-state index in [1.54, 1.807) is 7.11 Å². The van der Waals surface area contributed by atoms with Crippen molar-refractivity contribution in [1.82, 2.24) is 30.2 Å². The standard InChI is InChI=1S/C35H50N6O5S/c1-22-7-5-8-23(2)32(22)29-15-31-39-34(38-29)40-47(42,43)28-10-6-9-24(13-28)18-41(26(20-45-31)16-35(3)11-12-35)19-25-17-36-33-30(37-25)14-27(46-33)21-44-4/h5,7-8,14,17,24,26,28-29,31,34,38-40H,6,9-13,15-16,18-21H2,1-4H3/t24?,26-,28?,29?,31?,34?/m1/s1. The third kappa shape index (κ3) is 7.59. The van der Waals surface area contributed by atoms with Crippen molar-refractivity contribution >= 4 is 21.3 Å². The number of sulfonamides is 1. The fourth-order valence-electron chi connectivity index (χ4n) is 8.09. The molecule has 5 unspecified atom stereocenters. The first-order valence-electron chi connectivity index (χ1n) is 17.3. The summed E-state index contributed by atoms with van der Waals surface area (Å²) in [7, 11) is -1.96. The minimum Gasteiger partial charge on any atom is -0.439 e. The molecule has 6 atom stereocenters. The van der Waals surface area contributed by atoms with Crippen LogP contribution < -0.4 is 15.4 Å². The van der Waals surface area contributed by atoms with E-state index in [1.807, 2.05) is 12.3 Å². The molecule has 0 radical (unpaired) electrons. The summed E-state index contributed by atoms with van der Waals surface area (Å²) in [4.78, 5) is 12.1. The van der Waals surface area contributed by atoms with Gasteiger partial charge in [0.05, 0.1) is 23.7 Å². The molecule has 2 saturated heterocycles. The number of methoxy groups -OCH3 is 1. The summed E-state index contributed by atoms with van der Waals surface area (Å²) in [5.41, 5.74) is 5.98. The van der Waals surface area contributed by atoms with Gasteiger partial charge in [0.1, 0.15) is 30.4 Å². The maximum absolute atomic E-state index is 13.9. The number of nitrogens with one attached hydrogen (secondary N) is 3. The molecule has 4 bridgehead atoms. The van der Waals surface area contributed by atoms with E-state index in [0.29, 0.717) is 55.9 Å². The summed E-state index contributed by atoms with van der Waals surface area (Å²) < 4.78 is 48.7. The monoisotopic (exact) mass is 666 g/mol. The molecular formula is C35H50N6O5S. The Morgan fingerprint density at radius 3 is 2.70 bits per heavy atom. The number of furan rings is 1. The lowest BCUT2D eigenvalue weighted by Crippen LogP contribution is -2.64. The largest absolute Gasteiger partial charge is 0.439 e. The van der Waals surface area contributed by atoms with Gasteiger partial charge in [0, 0.05) is 44.8 Å². The molecule has 3 N–H and O–H groups in total. The molecule has 1 aromatic carbocycles. The number of ether oxygens (including phenoxy) is 2. The molecule has 7 rings (SSSR count). The summed E-state index contributed by atoms with van der Waals surface area (Å²) in [6, 6.07) is 8.30. The molecule has 2 aromatic heterocycles. The lowest BCUT2D eigenvalue weighted by Gasteiger charge is -2.40. The molecule has 4 aliphatic rings. The molecule has 2 aliphatic heterocycles. The third-order valence-electron chi connectivity index (χ3n) is 10.8. The Kier molecular flexibility index (Phi) is 9.47. The average molecular weight is 667 g/mol. The van der Waals surface area contributed by atoms with Crippen molar-refractivity contribution in [2.24, 2.45) is 11.3 Å². The van der Waals surface area contributed by atoms with Gasteiger partial charge in [-0.05, 0) is 80.4 Å². The molecule has 4 fully saturated rings. The summed E-state index contributed by atoms with van der Waals surface area (Å²) in [6.07, 6.45) is 8.22. The van der Waals surface area contributed by atoms with Gasteiger partial charge in [-0.3, -0.25) is 15.5 Å². The van der Waals surface area contributed by atoms with E-state index in [1.165, 1.54) is 29.5 Å². The number of hydrogen-bond donors (Lipinski definition) is 3. The lowest BCUT2D eigenvalue weighted by atomic mass is 9.87. The Balaban J connectivity index is 1.21. The Hall–Kier alpha value is -2.45. The predicted molar refractivity (Wildman–Crippen MR) is 180 cm³/mol. The zero-order chi connectivity index (χ0) is 32.8. The van der Waals surface area contributed by atoms with E-state index in [2.05, 4.69) is 64.2 Å². The van der Waals surface area contributed by atoms with Crippen LogP contribution in [0.1, 0.15) is 92.5 Å². The quantitative estimate of drug-likeness (QED) is 0.324. The van der Waals surface area contributed by atoms with Gasteiger partial charge >= 0.3 is 0 Å². The van der Waals surface area contributed by atoms with Crippen LogP contribution >= 0.6 is 0 Å². The molecular weight excluding hydrogens is 616 g/mol. The number of hydrogen-bond acceptors (Lipinski definition) is 10. The van der Waals surface area contributed by atoms with Crippen molar-refractivity contribution in [2.45, 2.75) is 115 Å². The Labute approximate surface area is 278 Å². The summed E-state index contributed by atoms with van der Waals surface area (Å²) in [5, 5.41) is 6.62. The van der Waals surface area contributed by atoms with Gasteiger partial charge in [-0.1, -0.05) is 31.5 Å². The maximum Gasteiger partial charge on any atom is 0.245 e. The van der Waals surface area contributed by atoms with Crippen LogP contribution in [-0.2, 0) is 32.6 Å². The molecule has 3 aromatic rings. The van der Waals surface area contributed by atoms with Gasteiger partial charge in [0.2, 0.25) is 15.7 Å². The number of aromatic nitrogens is 2. The Morgan fingerprint density at radius 1 is 1.13 bits per heavy atom. The van der Waals surface area contributed by atoms with E-state index in [4.69, 9.17) is 18.9 Å². The Morgan fingerprint density at radius 2 is 1.94 bits per heavy atom. The van der Waals surface area contributed by atoms with Crippen molar-refractivity contribution in [3.63, 3.8) is 0 Å². The van der Waals surface area contributed by atoms with Crippen molar-refractivity contribution in [3.05, 3.63) is 58.6 Å². The second-order valence-electron chi connectivity index (χ2n) is 14.8. The zero-order valence-corrected chi connectivity index (χ0v) is 28.9. The van der Waals surface area contributed by atoms with Crippen LogP contribution in [0.2, 0.25) is 0 Å². The molecule has 4 heterocycles. The summed E-state index contributed by atoms with van der Waals surface area (Å²) in [5.74, 6) is 0.951. The molecule has 47 heavy (non-hydrogen) atoms. The minimum atomic E-state index is -3.60. The van der Waals surface area contributed by atoms with Crippen LogP contribution in [0.3, 0.4) is 0 Å². The van der Waals surface area contributed by atoms with Crippen LogP contribution in [0.4, 0.5) is 0 Å². The van der Waals surface area contributed by atoms with Gasteiger partial charge in [-0.2, -0.15) is 4.72 Å². The SMILES string of the molecule is COCc1cc2nc(CN3CC4CCCC(C4)S(=O)(=O)NC4NC(CC(c5c(C)cccc5C)N4)OC[C@H]3CC3(C)CC3)cnc2o1. The minimum absolute atomic E-state index is 0.0603. The predicted octanol–water partition coefficient (Wildman–Crippen LogP) is 4.79. The molecule has 2 aliphatic carbocycles. The molecule has 12 heteroatoms. The van der Waals surface area contributed by atoms with Crippen molar-refractivity contribution in [1.29, 1.82) is 0 Å². The fourth-order valence-corrected chi connectivity index (χ4v) is 9.75. The first-order valence-corrected chi connectivity index (χ1v) is 18.8. The first-order chi connectivity index (χ1) is 22.6. The molecule has 0 spiro atoms. The summed E-state index contributed by atoms with van der Waals surface area (Å²) in [6.45, 7) is 8.94. The molecule has 0 amide bonds. The normalized spacial score (nSPS) is 31.1. The number of benzene rings is 1. The van der Waals surface area contributed by atoms with Gasteiger partial charge < -0.3 is 13.9 Å². The van der Waals surface area contributed by atoms with Crippen molar-refractivity contribution < 1.29 is 22.3 Å². The van der Waals surface area contributed by atoms with Crippen LogP contribution in [0.5, 0.6) is 0 Å². The number of nitrogens with zero attached hydrogens (tertiary/aromatic N) is 3. The second-order valence-corrected chi connectivity index (χ2v) is 16.8. The summed E-state index contributed by atoms with van der Waals surface area (Å²) >= 11 is 0. The van der Waals surface area contributed by atoms with E-state index in [9.17, 15) is 8.42 Å². The molecule has 11 nitrogen and oxygen atoms in total. The van der Waals surface area contributed by atoms with Gasteiger partial charge in [0.25, 0.3) is 0 Å². The Bertz CT molecular complexity index is 1660. The second kappa shape index (κ2) is 13.5. The van der Waals surface area contributed by atoms with Crippen LogP contribution in [0.15, 0.2) is 34.9 Å². The lowest BCUT2D eigenvalue weighted by molar-refractivity contribution is -0.0496. The highest BCUT2D eigenvalue weighted by Crippen LogP contribution is 2.50. The highest BCUT2D eigenvalue weighted by molar-refractivity contribution is 7.90. The van der Waals surface area contributed by atoms with Crippen LogP contribution in [0.25, 0.3) is 11.2 Å². The third-order valence-corrected chi connectivity index (χ3v) is 12.7. The van der Waals surface area contributed by atoms with E-state index >= 15 is 0 Å². The number of fused-ring (bicyclic) bond motifs is 5. The van der Waals surface area contributed by atoms with Crippen LogP contribution in [-0.4, -0.2) is 67.4 Å². The zero-order valence-electron chi connectivity index (χ0n) is 28.1. The maximum atomic E-state index is 13.9. The van der Waals surface area contributed by atoms with E-state index in [0.717, 1.165) is 37.0 Å². The van der Waals surface area contributed by atoms with Crippen molar-refractivity contribution in [3.8, 4) is 0 Å². The van der Waals surface area contributed by atoms with E-state index in [-0.39, 0.29) is 24.2 Å². The fraction of sp³-hybridized carbons (Fsp3) is 0.657. The van der Waals surface area contributed by atoms with Crippen LogP contribution in [0, 0.1) is 25.2 Å². The highest BCUT2D eigenvalue weighted by Gasteiger charge is 2.43.